The van der Waals surface area contributed by atoms with Gasteiger partial charge in [-0.2, -0.15) is 0 Å². The fourth-order valence-electron chi connectivity index (χ4n) is 2.36. The minimum absolute atomic E-state index is 0.884. The molecule has 0 spiro atoms. The summed E-state index contributed by atoms with van der Waals surface area (Å²) in [6, 6.07) is 0. The predicted octanol–water partition coefficient (Wildman–Crippen LogP) is 2.40. The van der Waals surface area contributed by atoms with Crippen molar-refractivity contribution in [1.29, 1.82) is 0 Å². The Morgan fingerprint density at radius 3 is 2.73 bits per heavy atom. The zero-order chi connectivity index (χ0) is 10.9. The van der Waals surface area contributed by atoms with Crippen LogP contribution in [0.4, 0.5) is 0 Å². The van der Waals surface area contributed by atoms with E-state index in [-0.39, 0.29) is 0 Å². The van der Waals surface area contributed by atoms with E-state index in [0.717, 1.165) is 11.8 Å². The molecule has 1 atom stereocenters. The lowest BCUT2D eigenvalue weighted by atomic mass is 9.96. The quantitative estimate of drug-likeness (QED) is 0.633. The Morgan fingerprint density at radius 1 is 1.33 bits per heavy atom. The molecule has 0 amide bonds. The van der Waals surface area contributed by atoms with E-state index >= 15 is 0 Å². The summed E-state index contributed by atoms with van der Waals surface area (Å²) in [5.74, 6) is 1.81. The molecule has 2 heteroatoms. The van der Waals surface area contributed by atoms with Crippen molar-refractivity contribution in [3.05, 3.63) is 0 Å². The first-order valence-electron chi connectivity index (χ1n) is 6.78. The molecule has 1 rings (SSSR count). The van der Waals surface area contributed by atoms with Crippen molar-refractivity contribution in [1.82, 2.24) is 10.6 Å². The largest absolute Gasteiger partial charge is 0.316 e. The van der Waals surface area contributed by atoms with Gasteiger partial charge in [0, 0.05) is 0 Å². The van der Waals surface area contributed by atoms with Crippen LogP contribution in [0.15, 0.2) is 0 Å². The van der Waals surface area contributed by atoms with Crippen LogP contribution in [-0.4, -0.2) is 26.2 Å². The van der Waals surface area contributed by atoms with E-state index in [0.29, 0.717) is 0 Å². The molecule has 0 saturated carbocycles. The SMILES string of the molecule is CCC(CC)CNCCC1CCCNC1. The Morgan fingerprint density at radius 2 is 2.13 bits per heavy atom. The van der Waals surface area contributed by atoms with Crippen LogP contribution in [0.5, 0.6) is 0 Å². The lowest BCUT2D eigenvalue weighted by molar-refractivity contribution is 0.345. The number of piperidine rings is 1. The lowest BCUT2D eigenvalue weighted by Crippen LogP contribution is -2.32. The third-order valence-electron chi connectivity index (χ3n) is 3.72. The standard InChI is InChI=1S/C13H28N2/c1-3-12(4-2)10-15-9-7-13-6-5-8-14-11-13/h12-15H,3-11H2,1-2H3. The van der Waals surface area contributed by atoms with Gasteiger partial charge in [-0.15, -0.1) is 0 Å². The zero-order valence-corrected chi connectivity index (χ0v) is 10.5. The highest BCUT2D eigenvalue weighted by atomic mass is 14.9. The third kappa shape index (κ3) is 5.53. The van der Waals surface area contributed by atoms with Crippen molar-refractivity contribution in [3.63, 3.8) is 0 Å². The molecular formula is C13H28N2. The Bertz CT molecular complexity index is 137. The molecule has 0 aromatic carbocycles. The Labute approximate surface area is 95.2 Å². The van der Waals surface area contributed by atoms with Gasteiger partial charge in [0.1, 0.15) is 0 Å². The molecular weight excluding hydrogens is 184 g/mol. The number of hydrogen-bond donors (Lipinski definition) is 2. The van der Waals surface area contributed by atoms with E-state index in [2.05, 4.69) is 24.5 Å². The van der Waals surface area contributed by atoms with Crippen LogP contribution in [0, 0.1) is 11.8 Å². The average Bonchev–Trinajstić information content (AvgIpc) is 2.31. The maximum Gasteiger partial charge on any atom is -0.00200 e. The third-order valence-corrected chi connectivity index (χ3v) is 3.72. The molecule has 0 radical (unpaired) electrons. The fourth-order valence-corrected chi connectivity index (χ4v) is 2.36. The molecule has 0 aromatic rings. The summed E-state index contributed by atoms with van der Waals surface area (Å²) < 4.78 is 0. The van der Waals surface area contributed by atoms with Crippen LogP contribution in [0.3, 0.4) is 0 Å². The van der Waals surface area contributed by atoms with Crippen molar-refractivity contribution in [3.8, 4) is 0 Å². The van der Waals surface area contributed by atoms with Crippen molar-refractivity contribution < 1.29 is 0 Å². The lowest BCUT2D eigenvalue weighted by Gasteiger charge is -2.23. The predicted molar refractivity (Wildman–Crippen MR) is 67.2 cm³/mol. The maximum atomic E-state index is 3.61. The molecule has 1 saturated heterocycles. The summed E-state index contributed by atoms with van der Waals surface area (Å²) in [6.07, 6.45) is 6.78. The van der Waals surface area contributed by atoms with Crippen molar-refractivity contribution in [2.24, 2.45) is 11.8 Å². The maximum absolute atomic E-state index is 3.61. The monoisotopic (exact) mass is 212 g/mol. The van der Waals surface area contributed by atoms with Gasteiger partial charge in [0.25, 0.3) is 0 Å². The number of hydrogen-bond acceptors (Lipinski definition) is 2. The second-order valence-corrected chi connectivity index (χ2v) is 4.89. The smallest absolute Gasteiger partial charge is 0.00200 e. The molecule has 1 heterocycles. The zero-order valence-electron chi connectivity index (χ0n) is 10.5. The van der Waals surface area contributed by atoms with Crippen molar-refractivity contribution >= 4 is 0 Å². The van der Waals surface area contributed by atoms with Gasteiger partial charge in [-0.1, -0.05) is 26.7 Å². The Hall–Kier alpha value is -0.0800. The summed E-state index contributed by atoms with van der Waals surface area (Å²) in [7, 11) is 0. The average molecular weight is 212 g/mol. The molecule has 0 aliphatic carbocycles. The minimum atomic E-state index is 0.884. The highest BCUT2D eigenvalue weighted by Crippen LogP contribution is 2.13. The summed E-state index contributed by atoms with van der Waals surface area (Å²) in [5, 5.41) is 7.09. The molecule has 0 bridgehead atoms. The van der Waals surface area contributed by atoms with Gasteiger partial charge < -0.3 is 10.6 Å². The van der Waals surface area contributed by atoms with E-state index < -0.39 is 0 Å². The molecule has 1 aliphatic rings. The van der Waals surface area contributed by atoms with E-state index in [4.69, 9.17) is 0 Å². The van der Waals surface area contributed by atoms with Gasteiger partial charge in [-0.3, -0.25) is 0 Å². The normalized spacial score (nSPS) is 22.2. The molecule has 90 valence electrons. The Kier molecular flexibility index (Phi) is 7.03. The van der Waals surface area contributed by atoms with Crippen molar-refractivity contribution in [2.75, 3.05) is 26.2 Å². The van der Waals surface area contributed by atoms with E-state index in [1.807, 2.05) is 0 Å². The van der Waals surface area contributed by atoms with Gasteiger partial charge in [0.15, 0.2) is 0 Å². The van der Waals surface area contributed by atoms with Crippen LogP contribution in [-0.2, 0) is 0 Å². The van der Waals surface area contributed by atoms with Gasteiger partial charge in [0.2, 0.25) is 0 Å². The second kappa shape index (κ2) is 8.12. The molecule has 1 unspecified atom stereocenters. The molecule has 2 nitrogen and oxygen atoms in total. The summed E-state index contributed by atoms with van der Waals surface area (Å²) in [5.41, 5.74) is 0. The van der Waals surface area contributed by atoms with Crippen LogP contribution < -0.4 is 10.6 Å². The topological polar surface area (TPSA) is 24.1 Å². The number of rotatable bonds is 7. The van der Waals surface area contributed by atoms with Crippen LogP contribution in [0.2, 0.25) is 0 Å². The van der Waals surface area contributed by atoms with Gasteiger partial charge in [-0.25, -0.2) is 0 Å². The Balaban J connectivity index is 1.95. The molecule has 1 fully saturated rings. The van der Waals surface area contributed by atoms with Crippen molar-refractivity contribution in [2.45, 2.75) is 46.0 Å². The van der Waals surface area contributed by atoms with Crippen LogP contribution in [0.1, 0.15) is 46.0 Å². The van der Waals surface area contributed by atoms with E-state index in [9.17, 15) is 0 Å². The first-order valence-corrected chi connectivity index (χ1v) is 6.78. The second-order valence-electron chi connectivity index (χ2n) is 4.89. The van der Waals surface area contributed by atoms with E-state index in [1.54, 1.807) is 0 Å². The van der Waals surface area contributed by atoms with Crippen LogP contribution >= 0.6 is 0 Å². The first kappa shape index (κ1) is 13.0. The minimum Gasteiger partial charge on any atom is -0.316 e. The molecule has 1 aliphatic heterocycles. The fraction of sp³-hybridized carbons (Fsp3) is 1.00. The molecule has 0 aromatic heterocycles. The summed E-state index contributed by atoms with van der Waals surface area (Å²) in [6.45, 7) is 9.49. The molecule has 2 N–H and O–H groups in total. The summed E-state index contributed by atoms with van der Waals surface area (Å²) in [4.78, 5) is 0. The first-order chi connectivity index (χ1) is 7.36. The highest BCUT2D eigenvalue weighted by Gasteiger charge is 2.12. The molecule has 15 heavy (non-hydrogen) atoms. The number of nitrogens with one attached hydrogen (secondary N) is 2. The van der Waals surface area contributed by atoms with Gasteiger partial charge >= 0.3 is 0 Å². The van der Waals surface area contributed by atoms with E-state index in [1.165, 1.54) is 58.3 Å². The van der Waals surface area contributed by atoms with Gasteiger partial charge in [-0.05, 0) is 57.3 Å². The summed E-state index contributed by atoms with van der Waals surface area (Å²) >= 11 is 0. The van der Waals surface area contributed by atoms with Gasteiger partial charge in [0.05, 0.1) is 0 Å². The highest BCUT2D eigenvalue weighted by molar-refractivity contribution is 4.70. The van der Waals surface area contributed by atoms with Crippen LogP contribution in [0.25, 0.3) is 0 Å².